The molecule has 0 aromatic heterocycles. The van der Waals surface area contributed by atoms with Gasteiger partial charge in [-0.05, 0) is 124 Å². The topological polar surface area (TPSA) is 88.5 Å². The molecule has 0 bridgehead atoms. The molecule has 1 aliphatic heterocycles. The molecule has 0 aromatic carbocycles. The molecule has 5 saturated carbocycles. The van der Waals surface area contributed by atoms with E-state index in [2.05, 4.69) is 40.5 Å². The largest absolute Gasteiger partial charge is 0.446 e. The average molecular weight is 616 g/mol. The number of hydrogen-bond donors (Lipinski definition) is 2. The normalized spacial score (nSPS) is 43.6. The summed E-state index contributed by atoms with van der Waals surface area (Å²) >= 11 is 0. The Morgan fingerprint density at radius 3 is 2.34 bits per heavy atom. The van der Waals surface area contributed by atoms with Gasteiger partial charge in [0.2, 0.25) is 0 Å². The molecule has 1 amide bonds. The highest BCUT2D eigenvalue weighted by Crippen LogP contribution is 2.87. The first-order valence-corrected chi connectivity index (χ1v) is 17.5. The molecule has 3 unspecified atom stereocenters. The number of methoxy groups -OCH3 is 1. The number of amides is 1. The molecule has 6 fully saturated rings. The van der Waals surface area contributed by atoms with Gasteiger partial charge in [-0.15, -0.1) is 12.8 Å². The van der Waals surface area contributed by atoms with Crippen molar-refractivity contribution in [2.24, 2.45) is 51.2 Å². The first-order chi connectivity index (χ1) is 20.7. The summed E-state index contributed by atoms with van der Waals surface area (Å²) in [5, 5.41) is 22.2. The van der Waals surface area contributed by atoms with Crippen molar-refractivity contribution in [3.05, 3.63) is 0 Å². The van der Waals surface area contributed by atoms with Crippen molar-refractivity contribution in [2.75, 3.05) is 33.4 Å². The van der Waals surface area contributed by atoms with Crippen molar-refractivity contribution >= 4 is 6.09 Å². The van der Waals surface area contributed by atoms with Gasteiger partial charge in [0.25, 0.3) is 0 Å². The maximum absolute atomic E-state index is 13.1. The first kappa shape index (κ1) is 34.0. The summed E-state index contributed by atoms with van der Waals surface area (Å²) in [7, 11) is 1.69. The van der Waals surface area contributed by atoms with E-state index in [-0.39, 0.29) is 35.2 Å². The van der Waals surface area contributed by atoms with Gasteiger partial charge in [-0.1, -0.05) is 27.7 Å². The number of aliphatic hydroxyl groups is 2. The van der Waals surface area contributed by atoms with E-state index >= 15 is 0 Å². The summed E-state index contributed by atoms with van der Waals surface area (Å²) in [5.74, 6) is 2.57. The zero-order chi connectivity index (χ0) is 32.3. The standard InChI is InChI=1S/C35H59NO6.C2H2/c1-22(8-11-28(40-7)32(4,5)39)29-25(37)20-24-23-9-10-26-31(2,3)27(42-30(38)36-16-18-41-19-17-36)12-13-35(26)21-34(23,35)15-14-33(24,29)6;1-2/h22-29,37,39H,8-21H2,1-7H3;1-2H/t22-,23+,24?,25-,26?,27+,28+,29?,33+,34+,35-;/m1./s1. The summed E-state index contributed by atoms with van der Waals surface area (Å²) in [6, 6.07) is 0. The van der Waals surface area contributed by atoms with Crippen LogP contribution in [-0.2, 0) is 14.2 Å². The number of carbonyl (C=O) groups is 1. The van der Waals surface area contributed by atoms with Crippen LogP contribution >= 0.6 is 0 Å². The van der Waals surface area contributed by atoms with E-state index in [0.29, 0.717) is 66.7 Å². The minimum Gasteiger partial charge on any atom is -0.446 e. The molecular formula is C37H61NO6. The van der Waals surface area contributed by atoms with Crippen LogP contribution in [0.4, 0.5) is 4.79 Å². The number of terminal acetylenes is 1. The number of aliphatic hydroxyl groups excluding tert-OH is 1. The maximum Gasteiger partial charge on any atom is 0.410 e. The van der Waals surface area contributed by atoms with Crippen LogP contribution in [0.2, 0.25) is 0 Å². The van der Waals surface area contributed by atoms with E-state index < -0.39 is 5.60 Å². The van der Waals surface area contributed by atoms with E-state index in [1.54, 1.807) is 7.11 Å². The maximum atomic E-state index is 13.1. The molecule has 2 N–H and O–H groups in total. The van der Waals surface area contributed by atoms with E-state index in [1.165, 1.54) is 38.5 Å². The Kier molecular flexibility index (Phi) is 9.31. The summed E-state index contributed by atoms with van der Waals surface area (Å²) in [6.07, 6.45) is 18.6. The summed E-state index contributed by atoms with van der Waals surface area (Å²) in [4.78, 5) is 14.9. The lowest BCUT2D eigenvalue weighted by molar-refractivity contribution is -0.139. The second kappa shape index (κ2) is 12.0. The van der Waals surface area contributed by atoms with Crippen LogP contribution in [0.3, 0.4) is 0 Å². The molecule has 7 nitrogen and oxygen atoms in total. The van der Waals surface area contributed by atoms with Gasteiger partial charge in [-0.2, -0.15) is 0 Å². The fourth-order valence-electron chi connectivity index (χ4n) is 12.4. The van der Waals surface area contributed by atoms with E-state index in [4.69, 9.17) is 14.2 Å². The van der Waals surface area contributed by atoms with Crippen LogP contribution in [0, 0.1) is 64.1 Å². The molecule has 1 saturated heterocycles. The third kappa shape index (κ3) is 5.23. The van der Waals surface area contributed by atoms with Gasteiger partial charge in [-0.25, -0.2) is 4.79 Å². The monoisotopic (exact) mass is 615 g/mol. The Balaban J connectivity index is 0.00000188. The minimum atomic E-state index is -0.862. The first-order valence-electron chi connectivity index (χ1n) is 17.5. The Hall–Kier alpha value is -1.33. The van der Waals surface area contributed by atoms with Crippen molar-refractivity contribution in [3.8, 4) is 12.8 Å². The SMILES string of the molecule is C#C.CO[C@@H](CC[C@@H](C)C1[C@H](O)CC2[C@@H]3CCC4C(C)(C)[C@@H](OC(=O)N5CCOCC5)CC[C@@]45C[C@@]35CC[C@]12C)C(C)(C)O. The van der Waals surface area contributed by atoms with Gasteiger partial charge < -0.3 is 29.3 Å². The number of fused-ring (bicyclic) bond motifs is 2. The van der Waals surface area contributed by atoms with Gasteiger partial charge in [0, 0.05) is 25.6 Å². The van der Waals surface area contributed by atoms with Gasteiger partial charge in [0.1, 0.15) is 6.10 Å². The number of morpholine rings is 1. The smallest absolute Gasteiger partial charge is 0.410 e. The molecule has 0 radical (unpaired) electrons. The van der Waals surface area contributed by atoms with Crippen molar-refractivity contribution < 1.29 is 29.2 Å². The number of ether oxygens (including phenoxy) is 3. The molecule has 44 heavy (non-hydrogen) atoms. The van der Waals surface area contributed by atoms with Crippen LogP contribution in [0.5, 0.6) is 0 Å². The zero-order valence-corrected chi connectivity index (χ0v) is 28.6. The number of carbonyl (C=O) groups excluding carboxylic acids is 1. The molecular weight excluding hydrogens is 554 g/mol. The Morgan fingerprint density at radius 2 is 1.70 bits per heavy atom. The van der Waals surface area contributed by atoms with Crippen molar-refractivity contribution in [1.29, 1.82) is 0 Å². The van der Waals surface area contributed by atoms with E-state index in [9.17, 15) is 15.0 Å². The summed E-state index contributed by atoms with van der Waals surface area (Å²) in [5.41, 5.74) is 0.0776. The molecule has 11 atom stereocenters. The van der Waals surface area contributed by atoms with E-state index in [0.717, 1.165) is 25.7 Å². The molecule has 7 heteroatoms. The molecule has 2 spiro atoms. The number of rotatable bonds is 7. The van der Waals surface area contributed by atoms with Crippen molar-refractivity contribution in [1.82, 2.24) is 4.90 Å². The lowest BCUT2D eigenvalue weighted by atomic mass is 9.46. The number of nitrogens with zero attached hydrogens (tertiary/aromatic N) is 1. The van der Waals surface area contributed by atoms with Gasteiger partial charge in [0.05, 0.1) is 31.0 Å². The molecule has 250 valence electrons. The molecule has 1 heterocycles. The quantitative estimate of drug-likeness (QED) is 0.327. The highest BCUT2D eigenvalue weighted by Gasteiger charge is 2.80. The second-order valence-corrected chi connectivity index (χ2v) is 16.9. The molecule has 5 aliphatic carbocycles. The molecule has 6 aliphatic rings. The van der Waals surface area contributed by atoms with Crippen LogP contribution in [0.1, 0.15) is 106 Å². The van der Waals surface area contributed by atoms with E-state index in [1.807, 2.05) is 18.7 Å². The third-order valence-corrected chi connectivity index (χ3v) is 14.4. The molecule has 6 rings (SSSR count). The molecule has 0 aromatic rings. The Morgan fingerprint density at radius 1 is 1.02 bits per heavy atom. The Bertz CT molecular complexity index is 1060. The average Bonchev–Trinajstić information content (AvgIpc) is 3.57. The lowest BCUT2D eigenvalue weighted by Crippen LogP contribution is -2.56. The predicted octanol–water partition coefficient (Wildman–Crippen LogP) is 6.30. The van der Waals surface area contributed by atoms with Gasteiger partial charge in [-0.3, -0.25) is 0 Å². The summed E-state index contributed by atoms with van der Waals surface area (Å²) in [6.45, 7) is 15.7. The highest BCUT2D eigenvalue weighted by atomic mass is 16.6. The summed E-state index contributed by atoms with van der Waals surface area (Å²) < 4.78 is 17.4. The lowest BCUT2D eigenvalue weighted by Gasteiger charge is -2.59. The van der Waals surface area contributed by atoms with Crippen molar-refractivity contribution in [3.63, 3.8) is 0 Å². The third-order valence-electron chi connectivity index (χ3n) is 14.4. The Labute approximate surface area is 267 Å². The van der Waals surface area contributed by atoms with Crippen LogP contribution in [-0.4, -0.2) is 78.5 Å². The highest BCUT2D eigenvalue weighted by molar-refractivity contribution is 5.68. The predicted molar refractivity (Wildman–Crippen MR) is 172 cm³/mol. The zero-order valence-electron chi connectivity index (χ0n) is 28.6. The fourth-order valence-corrected chi connectivity index (χ4v) is 12.4. The fraction of sp³-hybridized carbons (Fsp3) is 0.919. The van der Waals surface area contributed by atoms with Gasteiger partial charge in [0.15, 0.2) is 0 Å². The van der Waals surface area contributed by atoms with Crippen LogP contribution in [0.15, 0.2) is 0 Å². The second-order valence-electron chi connectivity index (χ2n) is 16.9. The van der Waals surface area contributed by atoms with Crippen molar-refractivity contribution in [2.45, 2.75) is 130 Å². The number of hydrogen-bond acceptors (Lipinski definition) is 6. The van der Waals surface area contributed by atoms with Gasteiger partial charge >= 0.3 is 6.09 Å². The minimum absolute atomic E-state index is 0.0233. The van der Waals surface area contributed by atoms with Crippen LogP contribution in [0.25, 0.3) is 0 Å². The van der Waals surface area contributed by atoms with Crippen LogP contribution < -0.4 is 0 Å².